The first kappa shape index (κ1) is 11.2. The predicted octanol–water partition coefficient (Wildman–Crippen LogP) is 1.66. The van der Waals surface area contributed by atoms with Crippen molar-refractivity contribution in [2.24, 2.45) is 0 Å². The number of para-hydroxylation sites is 1. The van der Waals surface area contributed by atoms with Crippen LogP contribution in [-0.4, -0.2) is 29.4 Å². The van der Waals surface area contributed by atoms with E-state index in [1.54, 1.807) is 13.2 Å². The summed E-state index contributed by atoms with van der Waals surface area (Å²) in [7, 11) is 1.65. The second-order valence-corrected chi connectivity index (χ2v) is 4.31. The summed E-state index contributed by atoms with van der Waals surface area (Å²) in [5.41, 5.74) is 0.636. The highest BCUT2D eigenvalue weighted by Crippen LogP contribution is 2.13. The number of methoxy groups -OCH3 is 1. The van der Waals surface area contributed by atoms with Gasteiger partial charge in [-0.05, 0) is 12.1 Å². The summed E-state index contributed by atoms with van der Waals surface area (Å²) in [5.74, 6) is 0.776. The van der Waals surface area contributed by atoms with E-state index in [1.165, 1.54) is 11.8 Å². The lowest BCUT2D eigenvalue weighted by molar-refractivity contribution is 0.218. The molecular weight excluding hydrogens is 224 g/mol. The number of ether oxygens (including phenoxy) is 1. The number of hydrogen-bond acceptors (Lipinski definition) is 4. The minimum absolute atomic E-state index is 0.0921. The lowest BCUT2D eigenvalue weighted by Gasteiger charge is -2.01. The number of aromatic nitrogens is 2. The van der Waals surface area contributed by atoms with E-state index in [1.807, 2.05) is 18.2 Å². The van der Waals surface area contributed by atoms with Gasteiger partial charge in [-0.1, -0.05) is 23.9 Å². The fourth-order valence-corrected chi connectivity index (χ4v) is 2.13. The lowest BCUT2D eigenvalue weighted by Crippen LogP contribution is -2.09. The van der Waals surface area contributed by atoms with Gasteiger partial charge in [-0.15, -0.1) is 0 Å². The third kappa shape index (κ3) is 2.43. The number of rotatable bonds is 4. The quantitative estimate of drug-likeness (QED) is 0.498. The van der Waals surface area contributed by atoms with Crippen LogP contribution in [0, 0.1) is 0 Å². The first-order chi connectivity index (χ1) is 7.81. The van der Waals surface area contributed by atoms with Crippen LogP contribution in [0.1, 0.15) is 0 Å². The van der Waals surface area contributed by atoms with Gasteiger partial charge < -0.3 is 9.72 Å². The highest BCUT2D eigenvalue weighted by molar-refractivity contribution is 7.99. The monoisotopic (exact) mass is 236 g/mol. The molecule has 0 fully saturated rings. The Kier molecular flexibility index (Phi) is 3.58. The molecule has 2 rings (SSSR count). The van der Waals surface area contributed by atoms with Crippen LogP contribution in [0.4, 0.5) is 0 Å². The fraction of sp³-hybridized carbons (Fsp3) is 0.273. The zero-order valence-corrected chi connectivity index (χ0v) is 9.71. The standard InChI is InChI=1S/C11H12N2O2S/c1-15-6-7-16-11-12-9-5-3-2-4-8(9)10(14)13-11/h2-5H,6-7H2,1H3,(H,12,13,14). The number of thioether (sulfide) groups is 1. The van der Waals surface area contributed by atoms with Crippen LogP contribution < -0.4 is 5.56 Å². The summed E-state index contributed by atoms with van der Waals surface area (Å²) in [6.45, 7) is 0.640. The Bertz CT molecular complexity index is 539. The Labute approximate surface area is 97.0 Å². The molecule has 2 aromatic rings. The van der Waals surface area contributed by atoms with Crippen molar-refractivity contribution >= 4 is 22.7 Å². The maximum atomic E-state index is 11.7. The highest BCUT2D eigenvalue weighted by Gasteiger charge is 2.02. The first-order valence-corrected chi connectivity index (χ1v) is 5.90. The van der Waals surface area contributed by atoms with E-state index in [0.717, 1.165) is 11.3 Å². The molecule has 0 saturated heterocycles. The summed E-state index contributed by atoms with van der Waals surface area (Å²) < 4.78 is 4.94. The van der Waals surface area contributed by atoms with Crippen molar-refractivity contribution in [3.63, 3.8) is 0 Å². The summed E-state index contributed by atoms with van der Waals surface area (Å²) >= 11 is 1.48. The third-order valence-electron chi connectivity index (χ3n) is 2.12. The number of benzene rings is 1. The van der Waals surface area contributed by atoms with Gasteiger partial charge in [0.1, 0.15) is 0 Å². The average Bonchev–Trinajstić information content (AvgIpc) is 2.30. The molecule has 5 heteroatoms. The zero-order valence-electron chi connectivity index (χ0n) is 8.90. The SMILES string of the molecule is COCCSc1nc2ccccc2c(=O)[nH]1. The van der Waals surface area contributed by atoms with Gasteiger partial charge in [0.25, 0.3) is 5.56 Å². The van der Waals surface area contributed by atoms with Crippen molar-refractivity contribution in [3.8, 4) is 0 Å². The Hall–Kier alpha value is -1.33. The predicted molar refractivity (Wildman–Crippen MR) is 65.0 cm³/mol. The van der Waals surface area contributed by atoms with Gasteiger partial charge in [0, 0.05) is 12.9 Å². The minimum atomic E-state index is -0.0921. The number of nitrogens with one attached hydrogen (secondary N) is 1. The van der Waals surface area contributed by atoms with E-state index in [9.17, 15) is 4.79 Å². The van der Waals surface area contributed by atoms with Gasteiger partial charge in [0.2, 0.25) is 0 Å². The van der Waals surface area contributed by atoms with Gasteiger partial charge in [0.15, 0.2) is 5.16 Å². The summed E-state index contributed by atoms with van der Waals surface area (Å²) in [4.78, 5) is 18.8. The largest absolute Gasteiger partial charge is 0.384 e. The molecule has 84 valence electrons. The average molecular weight is 236 g/mol. The fourth-order valence-electron chi connectivity index (χ4n) is 1.35. The molecule has 0 amide bonds. The van der Waals surface area contributed by atoms with Crippen LogP contribution in [0.2, 0.25) is 0 Å². The minimum Gasteiger partial charge on any atom is -0.384 e. The van der Waals surface area contributed by atoms with Crippen LogP contribution in [0.5, 0.6) is 0 Å². The molecular formula is C11H12N2O2S. The molecule has 0 atom stereocenters. The number of hydrogen-bond donors (Lipinski definition) is 1. The molecule has 0 spiro atoms. The third-order valence-corrected chi connectivity index (χ3v) is 2.95. The van der Waals surface area contributed by atoms with Crippen molar-refractivity contribution in [1.29, 1.82) is 0 Å². The molecule has 0 unspecified atom stereocenters. The van der Waals surface area contributed by atoms with E-state index in [4.69, 9.17) is 4.74 Å². The van der Waals surface area contributed by atoms with E-state index < -0.39 is 0 Å². The van der Waals surface area contributed by atoms with Crippen LogP contribution in [0.15, 0.2) is 34.2 Å². The van der Waals surface area contributed by atoms with Crippen molar-refractivity contribution in [2.45, 2.75) is 5.16 Å². The van der Waals surface area contributed by atoms with E-state index in [-0.39, 0.29) is 5.56 Å². The summed E-state index contributed by atoms with van der Waals surface area (Å²) in [6.07, 6.45) is 0. The highest BCUT2D eigenvalue weighted by atomic mass is 32.2. The van der Waals surface area contributed by atoms with Gasteiger partial charge >= 0.3 is 0 Å². The molecule has 16 heavy (non-hydrogen) atoms. The summed E-state index contributed by atoms with van der Waals surface area (Å²) in [5, 5.41) is 1.26. The topological polar surface area (TPSA) is 55.0 Å². The number of nitrogens with zero attached hydrogens (tertiary/aromatic N) is 1. The van der Waals surface area contributed by atoms with Crippen LogP contribution in [0.3, 0.4) is 0 Å². The Morgan fingerprint density at radius 1 is 1.44 bits per heavy atom. The molecule has 0 aliphatic heterocycles. The van der Waals surface area contributed by atoms with E-state index in [0.29, 0.717) is 17.1 Å². The maximum absolute atomic E-state index is 11.7. The molecule has 1 N–H and O–H groups in total. The van der Waals surface area contributed by atoms with Gasteiger partial charge in [-0.2, -0.15) is 0 Å². The maximum Gasteiger partial charge on any atom is 0.259 e. The molecule has 4 nitrogen and oxygen atoms in total. The van der Waals surface area contributed by atoms with Crippen LogP contribution in [0.25, 0.3) is 10.9 Å². The van der Waals surface area contributed by atoms with Crippen molar-refractivity contribution in [3.05, 3.63) is 34.6 Å². The number of fused-ring (bicyclic) bond motifs is 1. The smallest absolute Gasteiger partial charge is 0.259 e. The van der Waals surface area contributed by atoms with Crippen molar-refractivity contribution < 1.29 is 4.74 Å². The number of H-pyrrole nitrogens is 1. The van der Waals surface area contributed by atoms with Crippen molar-refractivity contribution in [2.75, 3.05) is 19.5 Å². The van der Waals surface area contributed by atoms with Gasteiger partial charge in [-0.3, -0.25) is 4.79 Å². The molecule has 0 bridgehead atoms. The molecule has 1 aromatic heterocycles. The molecule has 0 aliphatic carbocycles. The number of aromatic amines is 1. The molecule has 1 aromatic carbocycles. The summed E-state index contributed by atoms with van der Waals surface area (Å²) in [6, 6.07) is 7.31. The van der Waals surface area contributed by atoms with E-state index >= 15 is 0 Å². The molecule has 0 radical (unpaired) electrons. The van der Waals surface area contributed by atoms with E-state index in [2.05, 4.69) is 9.97 Å². The first-order valence-electron chi connectivity index (χ1n) is 4.92. The normalized spacial score (nSPS) is 10.8. The van der Waals surface area contributed by atoms with Gasteiger partial charge in [0.05, 0.1) is 17.5 Å². The Balaban J connectivity index is 2.31. The molecule has 1 heterocycles. The molecule has 0 saturated carbocycles. The van der Waals surface area contributed by atoms with Gasteiger partial charge in [-0.25, -0.2) is 4.98 Å². The second kappa shape index (κ2) is 5.14. The molecule has 0 aliphatic rings. The lowest BCUT2D eigenvalue weighted by atomic mass is 10.2. The Morgan fingerprint density at radius 3 is 3.06 bits per heavy atom. The van der Waals surface area contributed by atoms with Crippen LogP contribution in [-0.2, 0) is 4.74 Å². The van der Waals surface area contributed by atoms with Crippen LogP contribution >= 0.6 is 11.8 Å². The second-order valence-electron chi connectivity index (χ2n) is 3.23. The Morgan fingerprint density at radius 2 is 2.25 bits per heavy atom. The van der Waals surface area contributed by atoms with Crippen molar-refractivity contribution in [1.82, 2.24) is 9.97 Å². The zero-order chi connectivity index (χ0) is 11.4.